The van der Waals surface area contributed by atoms with E-state index in [1.807, 2.05) is 31.2 Å². The van der Waals surface area contributed by atoms with Gasteiger partial charge in [0.25, 0.3) is 0 Å². The highest BCUT2D eigenvalue weighted by atomic mass is 16.5. The molecule has 19 heavy (non-hydrogen) atoms. The largest absolute Gasteiger partial charge is 0.493 e. The fourth-order valence-corrected chi connectivity index (χ4v) is 4.12. The summed E-state index contributed by atoms with van der Waals surface area (Å²) in [5, 5.41) is 10.5. The van der Waals surface area contributed by atoms with Crippen molar-refractivity contribution in [3.63, 3.8) is 0 Å². The van der Waals surface area contributed by atoms with Crippen LogP contribution in [0.3, 0.4) is 0 Å². The predicted octanol–water partition coefficient (Wildman–Crippen LogP) is 3.95. The van der Waals surface area contributed by atoms with Crippen LogP contribution >= 0.6 is 0 Å². The average molecular weight is 260 g/mol. The summed E-state index contributed by atoms with van der Waals surface area (Å²) in [6, 6.07) is 7.92. The molecule has 0 amide bonds. The zero-order valence-corrected chi connectivity index (χ0v) is 11.7. The van der Waals surface area contributed by atoms with Gasteiger partial charge in [-0.25, -0.2) is 0 Å². The molecule has 2 nitrogen and oxygen atoms in total. The topological polar surface area (TPSA) is 29.5 Å². The van der Waals surface area contributed by atoms with Gasteiger partial charge in [-0.05, 0) is 56.4 Å². The summed E-state index contributed by atoms with van der Waals surface area (Å²) in [6.45, 7) is 2.64. The first-order chi connectivity index (χ1) is 9.28. The van der Waals surface area contributed by atoms with Crippen molar-refractivity contribution in [2.24, 2.45) is 17.8 Å². The van der Waals surface area contributed by atoms with Crippen molar-refractivity contribution in [1.29, 1.82) is 0 Å². The molecule has 0 saturated heterocycles. The highest BCUT2D eigenvalue weighted by Crippen LogP contribution is 2.51. The van der Waals surface area contributed by atoms with Crippen molar-refractivity contribution in [3.8, 4) is 5.75 Å². The Hall–Kier alpha value is -1.02. The number of rotatable bonds is 5. The van der Waals surface area contributed by atoms with E-state index >= 15 is 0 Å². The summed E-state index contributed by atoms with van der Waals surface area (Å²) in [5.74, 6) is 3.40. The smallest absolute Gasteiger partial charge is 0.125 e. The first-order valence-electron chi connectivity index (χ1n) is 7.67. The number of fused-ring (bicyclic) bond motifs is 2. The van der Waals surface area contributed by atoms with Crippen molar-refractivity contribution >= 4 is 0 Å². The second kappa shape index (κ2) is 5.54. The Labute approximate surface area is 115 Å². The Balaban J connectivity index is 1.68. The molecule has 0 aromatic heterocycles. The first kappa shape index (κ1) is 13.0. The van der Waals surface area contributed by atoms with E-state index < -0.39 is 0 Å². The van der Waals surface area contributed by atoms with Crippen LogP contribution in [0.4, 0.5) is 0 Å². The number of aliphatic hydroxyl groups excluding tert-OH is 1. The molecular formula is C17H24O2. The molecule has 0 heterocycles. The van der Waals surface area contributed by atoms with Gasteiger partial charge in [0.2, 0.25) is 0 Å². The molecular weight excluding hydrogens is 236 g/mol. The summed E-state index contributed by atoms with van der Waals surface area (Å²) in [4.78, 5) is 0. The molecule has 1 N–H and O–H groups in total. The summed E-state index contributed by atoms with van der Waals surface area (Å²) in [5.41, 5.74) is 0.965. The van der Waals surface area contributed by atoms with Crippen LogP contribution in [0.1, 0.15) is 50.7 Å². The van der Waals surface area contributed by atoms with Crippen molar-refractivity contribution in [3.05, 3.63) is 29.8 Å². The van der Waals surface area contributed by atoms with Crippen LogP contribution in [0.15, 0.2) is 24.3 Å². The Bertz CT molecular complexity index is 429. The maximum Gasteiger partial charge on any atom is 0.125 e. The van der Waals surface area contributed by atoms with Gasteiger partial charge in [-0.2, -0.15) is 0 Å². The van der Waals surface area contributed by atoms with Crippen LogP contribution in [0.25, 0.3) is 0 Å². The molecule has 1 aromatic carbocycles. The van der Waals surface area contributed by atoms with Gasteiger partial charge in [0.15, 0.2) is 0 Å². The normalized spacial score (nSPS) is 30.5. The lowest BCUT2D eigenvalue weighted by atomic mass is 9.83. The fraction of sp³-hybridized carbons (Fsp3) is 0.647. The van der Waals surface area contributed by atoms with Crippen LogP contribution in [0.2, 0.25) is 0 Å². The van der Waals surface area contributed by atoms with E-state index in [1.165, 1.54) is 25.7 Å². The van der Waals surface area contributed by atoms with Gasteiger partial charge >= 0.3 is 0 Å². The molecule has 3 rings (SSSR count). The van der Waals surface area contributed by atoms with Gasteiger partial charge in [-0.1, -0.05) is 24.6 Å². The minimum absolute atomic E-state index is 0.368. The van der Waals surface area contributed by atoms with E-state index in [1.54, 1.807) is 0 Å². The quantitative estimate of drug-likeness (QED) is 0.868. The summed E-state index contributed by atoms with van der Waals surface area (Å²) in [6.07, 6.45) is 6.09. The van der Waals surface area contributed by atoms with Crippen LogP contribution in [-0.4, -0.2) is 11.7 Å². The third-order valence-electron chi connectivity index (χ3n) is 4.99. The predicted molar refractivity (Wildman–Crippen MR) is 76.1 cm³/mol. The number of hydrogen-bond acceptors (Lipinski definition) is 2. The first-order valence-corrected chi connectivity index (χ1v) is 7.67. The molecule has 2 aliphatic carbocycles. The van der Waals surface area contributed by atoms with Crippen molar-refractivity contribution < 1.29 is 9.84 Å². The van der Waals surface area contributed by atoms with Crippen molar-refractivity contribution in [2.75, 3.05) is 6.61 Å². The van der Waals surface area contributed by atoms with Crippen LogP contribution in [0.5, 0.6) is 5.75 Å². The molecule has 0 aliphatic heterocycles. The molecule has 2 bridgehead atoms. The summed E-state index contributed by atoms with van der Waals surface area (Å²) >= 11 is 0. The van der Waals surface area contributed by atoms with E-state index in [0.717, 1.165) is 35.5 Å². The molecule has 4 atom stereocenters. The molecule has 104 valence electrons. The molecule has 0 radical (unpaired) electrons. The van der Waals surface area contributed by atoms with Crippen molar-refractivity contribution in [2.45, 2.75) is 45.1 Å². The second-order valence-electron chi connectivity index (χ2n) is 6.16. The molecule has 0 spiro atoms. The van der Waals surface area contributed by atoms with Gasteiger partial charge in [0.05, 0.1) is 12.7 Å². The van der Waals surface area contributed by atoms with E-state index in [-0.39, 0.29) is 6.10 Å². The Morgan fingerprint density at radius 1 is 1.26 bits per heavy atom. The van der Waals surface area contributed by atoms with Gasteiger partial charge in [-0.3, -0.25) is 0 Å². The average Bonchev–Trinajstić information content (AvgIpc) is 3.02. The van der Waals surface area contributed by atoms with Crippen LogP contribution in [-0.2, 0) is 0 Å². The highest BCUT2D eigenvalue weighted by molar-refractivity contribution is 5.35. The zero-order valence-electron chi connectivity index (χ0n) is 11.7. The number of para-hydroxylation sites is 1. The van der Waals surface area contributed by atoms with Gasteiger partial charge in [0, 0.05) is 5.56 Å². The molecule has 2 heteroatoms. The molecule has 4 unspecified atom stereocenters. The maximum absolute atomic E-state index is 10.5. The Morgan fingerprint density at radius 3 is 2.79 bits per heavy atom. The lowest BCUT2D eigenvalue weighted by Crippen LogP contribution is -2.14. The third-order valence-corrected chi connectivity index (χ3v) is 4.99. The second-order valence-corrected chi connectivity index (χ2v) is 6.16. The molecule has 1 aromatic rings. The Morgan fingerprint density at radius 2 is 2.11 bits per heavy atom. The monoisotopic (exact) mass is 260 g/mol. The standard InChI is InChI=1S/C17H24O2/c1-2-19-17-6-4-3-5-15(17)16(18)11-14-10-12-7-8-13(14)9-12/h3-6,12-14,16,18H,2,7-11H2,1H3. The van der Waals surface area contributed by atoms with Crippen LogP contribution < -0.4 is 4.74 Å². The number of ether oxygens (including phenoxy) is 1. The van der Waals surface area contributed by atoms with Gasteiger partial charge in [-0.15, -0.1) is 0 Å². The van der Waals surface area contributed by atoms with Crippen molar-refractivity contribution in [1.82, 2.24) is 0 Å². The van der Waals surface area contributed by atoms with E-state index in [9.17, 15) is 5.11 Å². The van der Waals surface area contributed by atoms with E-state index in [2.05, 4.69) is 0 Å². The lowest BCUT2D eigenvalue weighted by molar-refractivity contribution is 0.122. The molecule has 2 aliphatic rings. The number of aliphatic hydroxyl groups is 1. The van der Waals surface area contributed by atoms with Gasteiger partial charge in [0.1, 0.15) is 5.75 Å². The minimum atomic E-state index is -0.368. The summed E-state index contributed by atoms with van der Waals surface area (Å²) in [7, 11) is 0. The zero-order chi connectivity index (χ0) is 13.2. The number of benzene rings is 1. The van der Waals surface area contributed by atoms with E-state index in [4.69, 9.17) is 4.74 Å². The highest BCUT2D eigenvalue weighted by Gasteiger charge is 2.40. The number of hydrogen-bond donors (Lipinski definition) is 1. The minimum Gasteiger partial charge on any atom is -0.493 e. The summed E-state index contributed by atoms with van der Waals surface area (Å²) < 4.78 is 5.62. The Kier molecular flexibility index (Phi) is 3.79. The third kappa shape index (κ3) is 2.64. The molecule has 2 saturated carbocycles. The fourth-order valence-electron chi connectivity index (χ4n) is 4.12. The van der Waals surface area contributed by atoms with Crippen LogP contribution in [0, 0.1) is 17.8 Å². The SMILES string of the molecule is CCOc1ccccc1C(O)CC1CC2CCC1C2. The lowest BCUT2D eigenvalue weighted by Gasteiger charge is -2.25. The maximum atomic E-state index is 10.5. The van der Waals surface area contributed by atoms with Gasteiger partial charge < -0.3 is 9.84 Å². The molecule has 2 fully saturated rings. The van der Waals surface area contributed by atoms with E-state index in [0.29, 0.717) is 6.61 Å².